The highest BCUT2D eigenvalue weighted by molar-refractivity contribution is 14.1. The first-order chi connectivity index (χ1) is 13.9. The monoisotopic (exact) mass is 525 g/mol. The summed E-state index contributed by atoms with van der Waals surface area (Å²) in [6.07, 6.45) is 1.63. The minimum atomic E-state index is -0.353. The molecule has 0 aromatic heterocycles. The summed E-state index contributed by atoms with van der Waals surface area (Å²) in [6.45, 7) is 4.61. The van der Waals surface area contributed by atoms with E-state index < -0.39 is 0 Å². The first-order valence-electron chi connectivity index (χ1n) is 8.99. The Hall–Kier alpha value is -2.20. The van der Waals surface area contributed by atoms with Crippen molar-refractivity contribution in [2.75, 3.05) is 19.8 Å². The van der Waals surface area contributed by atoms with Gasteiger partial charge in [-0.3, -0.25) is 14.5 Å². The van der Waals surface area contributed by atoms with Crippen molar-refractivity contribution in [3.05, 3.63) is 56.0 Å². The third kappa shape index (κ3) is 5.24. The van der Waals surface area contributed by atoms with Gasteiger partial charge in [0.05, 0.1) is 21.6 Å². The van der Waals surface area contributed by atoms with Crippen LogP contribution in [0.5, 0.6) is 17.2 Å². The molecule has 1 aliphatic heterocycles. The molecule has 0 spiro atoms. The second-order valence-electron chi connectivity index (χ2n) is 6.28. The van der Waals surface area contributed by atoms with E-state index in [0.717, 1.165) is 17.3 Å². The molecule has 1 heterocycles. The molecule has 0 atom stereocenters. The van der Waals surface area contributed by atoms with Gasteiger partial charge in [0, 0.05) is 0 Å². The molecule has 6 nitrogen and oxygen atoms in total. The molecule has 2 amide bonds. The molecular formula is C21H20INO5S. The van der Waals surface area contributed by atoms with Crippen molar-refractivity contribution < 1.29 is 24.2 Å². The fourth-order valence-corrected chi connectivity index (χ4v) is 4.17. The molecule has 0 saturated carbocycles. The summed E-state index contributed by atoms with van der Waals surface area (Å²) < 4.78 is 11.7. The molecule has 1 N–H and O–H groups in total. The largest absolute Gasteiger partial charge is 0.504 e. The lowest BCUT2D eigenvalue weighted by atomic mass is 10.2. The molecule has 152 valence electrons. The van der Waals surface area contributed by atoms with Gasteiger partial charge in [-0.1, -0.05) is 17.7 Å². The zero-order chi connectivity index (χ0) is 21.0. The average molecular weight is 525 g/mol. The fourth-order valence-electron chi connectivity index (χ4n) is 2.68. The number of imide groups is 1. The van der Waals surface area contributed by atoms with Crippen LogP contribution in [0.1, 0.15) is 18.1 Å². The quantitative estimate of drug-likeness (QED) is 0.413. The summed E-state index contributed by atoms with van der Waals surface area (Å²) in [7, 11) is 0. The summed E-state index contributed by atoms with van der Waals surface area (Å²) in [5.41, 5.74) is 1.81. The van der Waals surface area contributed by atoms with Crippen LogP contribution >= 0.6 is 34.4 Å². The highest BCUT2D eigenvalue weighted by Gasteiger charge is 2.34. The van der Waals surface area contributed by atoms with Gasteiger partial charge in [0.25, 0.3) is 11.1 Å². The van der Waals surface area contributed by atoms with Crippen LogP contribution in [0.25, 0.3) is 6.08 Å². The maximum Gasteiger partial charge on any atom is 0.293 e. The number of carbonyl (C=O) groups is 2. The van der Waals surface area contributed by atoms with Crippen molar-refractivity contribution in [2.45, 2.75) is 13.8 Å². The summed E-state index contributed by atoms with van der Waals surface area (Å²) in [6, 6.07) is 11.0. The molecule has 0 aliphatic carbocycles. The second kappa shape index (κ2) is 9.53. The Morgan fingerprint density at radius 1 is 1.17 bits per heavy atom. The van der Waals surface area contributed by atoms with Crippen LogP contribution in [0.4, 0.5) is 4.79 Å². The topological polar surface area (TPSA) is 76.1 Å². The number of rotatable bonds is 7. The van der Waals surface area contributed by atoms with Gasteiger partial charge in [-0.25, -0.2) is 0 Å². The van der Waals surface area contributed by atoms with E-state index in [0.29, 0.717) is 32.1 Å². The Morgan fingerprint density at radius 2 is 1.90 bits per heavy atom. The number of nitrogens with zero attached hydrogens (tertiary/aromatic N) is 1. The second-order valence-corrected chi connectivity index (χ2v) is 8.43. The predicted octanol–water partition coefficient (Wildman–Crippen LogP) is 4.82. The SMILES string of the molecule is CCOc1cc(/C=C2\SC(=O)N(CCOc3ccc(C)cc3)C2=O)cc(I)c1O. The molecular weight excluding hydrogens is 505 g/mol. The number of hydrogen-bond acceptors (Lipinski definition) is 6. The number of ether oxygens (including phenoxy) is 2. The number of amides is 2. The van der Waals surface area contributed by atoms with Gasteiger partial charge in [0.15, 0.2) is 11.5 Å². The minimum Gasteiger partial charge on any atom is -0.504 e. The lowest BCUT2D eigenvalue weighted by molar-refractivity contribution is -0.123. The normalized spacial score (nSPS) is 15.3. The maximum atomic E-state index is 12.6. The molecule has 0 bridgehead atoms. The first-order valence-corrected chi connectivity index (χ1v) is 10.9. The molecule has 1 fully saturated rings. The number of halogens is 1. The van der Waals surface area contributed by atoms with Crippen molar-refractivity contribution in [3.63, 3.8) is 0 Å². The molecule has 0 radical (unpaired) electrons. The zero-order valence-corrected chi connectivity index (χ0v) is 19.0. The highest BCUT2D eigenvalue weighted by Crippen LogP contribution is 2.36. The summed E-state index contributed by atoms with van der Waals surface area (Å²) >= 11 is 2.89. The Kier molecular flexibility index (Phi) is 7.07. The maximum absolute atomic E-state index is 12.6. The fraction of sp³-hybridized carbons (Fsp3) is 0.238. The Labute approximate surface area is 187 Å². The van der Waals surface area contributed by atoms with Crippen LogP contribution in [0.2, 0.25) is 0 Å². The van der Waals surface area contributed by atoms with E-state index >= 15 is 0 Å². The van der Waals surface area contributed by atoms with Gasteiger partial charge in [0.2, 0.25) is 0 Å². The number of aromatic hydroxyl groups is 1. The van der Waals surface area contributed by atoms with Gasteiger partial charge < -0.3 is 14.6 Å². The third-order valence-electron chi connectivity index (χ3n) is 4.13. The van der Waals surface area contributed by atoms with Gasteiger partial charge in [0.1, 0.15) is 12.4 Å². The Bertz CT molecular complexity index is 958. The number of aryl methyl sites for hydroxylation is 1. The summed E-state index contributed by atoms with van der Waals surface area (Å²) in [5.74, 6) is 0.746. The molecule has 29 heavy (non-hydrogen) atoms. The van der Waals surface area contributed by atoms with Crippen LogP contribution in [-0.4, -0.2) is 40.9 Å². The van der Waals surface area contributed by atoms with E-state index in [-0.39, 0.29) is 30.0 Å². The molecule has 3 rings (SSSR count). The van der Waals surface area contributed by atoms with Crippen molar-refractivity contribution >= 4 is 51.6 Å². The smallest absolute Gasteiger partial charge is 0.293 e. The van der Waals surface area contributed by atoms with E-state index in [2.05, 4.69) is 0 Å². The van der Waals surface area contributed by atoms with E-state index in [1.54, 1.807) is 18.2 Å². The number of phenolic OH excluding ortho intramolecular Hbond substituents is 1. The van der Waals surface area contributed by atoms with Gasteiger partial charge in [-0.2, -0.15) is 0 Å². The molecule has 2 aromatic rings. The Morgan fingerprint density at radius 3 is 2.59 bits per heavy atom. The molecule has 8 heteroatoms. The van der Waals surface area contributed by atoms with E-state index in [1.807, 2.05) is 60.7 Å². The summed E-state index contributed by atoms with van der Waals surface area (Å²) in [4.78, 5) is 26.4. The molecule has 1 aliphatic rings. The van der Waals surface area contributed by atoms with E-state index in [1.165, 1.54) is 4.90 Å². The molecule has 2 aromatic carbocycles. The van der Waals surface area contributed by atoms with E-state index in [9.17, 15) is 14.7 Å². The molecule has 1 saturated heterocycles. The van der Waals surface area contributed by atoms with Crippen molar-refractivity contribution in [2.24, 2.45) is 0 Å². The zero-order valence-electron chi connectivity index (χ0n) is 16.0. The molecule has 0 unspecified atom stereocenters. The van der Waals surface area contributed by atoms with Crippen molar-refractivity contribution in [1.82, 2.24) is 4.90 Å². The van der Waals surface area contributed by atoms with Gasteiger partial charge in [-0.05, 0) is 84.1 Å². The number of hydrogen-bond donors (Lipinski definition) is 1. The number of phenols is 1. The van der Waals surface area contributed by atoms with Crippen molar-refractivity contribution in [1.29, 1.82) is 0 Å². The standard InChI is InChI=1S/C21H20INO5S/c1-3-27-17-11-14(10-16(22)19(17)24)12-18-20(25)23(21(26)29-18)8-9-28-15-6-4-13(2)5-7-15/h4-7,10-12,24H,3,8-9H2,1-2H3/b18-12-. The van der Waals surface area contributed by atoms with Crippen LogP contribution in [0.15, 0.2) is 41.3 Å². The minimum absolute atomic E-state index is 0.0611. The lowest BCUT2D eigenvalue weighted by Gasteiger charge is -2.13. The highest BCUT2D eigenvalue weighted by atomic mass is 127. The third-order valence-corrected chi connectivity index (χ3v) is 5.86. The van der Waals surface area contributed by atoms with Crippen LogP contribution in [-0.2, 0) is 4.79 Å². The van der Waals surface area contributed by atoms with Gasteiger partial charge >= 0.3 is 0 Å². The average Bonchev–Trinajstić information content (AvgIpc) is 2.94. The Balaban J connectivity index is 1.69. The number of benzene rings is 2. The lowest BCUT2D eigenvalue weighted by Crippen LogP contribution is -2.32. The van der Waals surface area contributed by atoms with Crippen molar-refractivity contribution in [3.8, 4) is 17.2 Å². The first kappa shape index (κ1) is 21.5. The number of carbonyl (C=O) groups excluding carboxylic acids is 2. The predicted molar refractivity (Wildman–Crippen MR) is 121 cm³/mol. The number of thioether (sulfide) groups is 1. The van der Waals surface area contributed by atoms with Crippen LogP contribution in [0, 0.1) is 10.5 Å². The van der Waals surface area contributed by atoms with E-state index in [4.69, 9.17) is 9.47 Å². The van der Waals surface area contributed by atoms with Gasteiger partial charge in [-0.15, -0.1) is 0 Å². The van der Waals surface area contributed by atoms with Crippen LogP contribution in [0.3, 0.4) is 0 Å². The summed E-state index contributed by atoms with van der Waals surface area (Å²) in [5, 5.41) is 9.73. The van der Waals surface area contributed by atoms with Crippen LogP contribution < -0.4 is 9.47 Å².